The number of aromatic nitrogens is 1. The predicted molar refractivity (Wildman–Crippen MR) is 59.5 cm³/mol. The first kappa shape index (κ1) is 15.2. The van der Waals surface area contributed by atoms with Crippen molar-refractivity contribution in [2.24, 2.45) is 0 Å². The molecule has 0 aliphatic heterocycles. The molecule has 0 saturated heterocycles. The van der Waals surface area contributed by atoms with Gasteiger partial charge in [0.15, 0.2) is 0 Å². The molecule has 1 amide bonds. The van der Waals surface area contributed by atoms with Gasteiger partial charge in [0.2, 0.25) is 0 Å². The van der Waals surface area contributed by atoms with Gasteiger partial charge >= 0.3 is 0 Å². The molecule has 0 unspecified atom stereocenters. The Bertz CT molecular complexity index is 317. The maximum Gasteiger partial charge on any atom is 0.138 e. The van der Waals surface area contributed by atoms with Crippen LogP contribution in [0.4, 0.5) is 0 Å². The summed E-state index contributed by atoms with van der Waals surface area (Å²) in [6.07, 6.45) is 3.13. The first-order chi connectivity index (χ1) is 7.04. The maximum absolute atomic E-state index is 12.1. The molecule has 91 valence electrons. The van der Waals surface area contributed by atoms with Crippen molar-refractivity contribution in [1.82, 2.24) is 9.88 Å². The van der Waals surface area contributed by atoms with Gasteiger partial charge in [0.25, 0.3) is 0 Å². The van der Waals surface area contributed by atoms with E-state index in [1.165, 1.54) is 6.20 Å². The fourth-order valence-electron chi connectivity index (χ4n) is 1.65. The zero-order chi connectivity index (χ0) is 11.4. The van der Waals surface area contributed by atoms with E-state index in [4.69, 9.17) is 0 Å². The average molecular weight is 308 g/mol. The van der Waals surface area contributed by atoms with Crippen molar-refractivity contribution in [3.63, 3.8) is 0 Å². The van der Waals surface area contributed by atoms with E-state index in [0.29, 0.717) is 5.56 Å². The molecular weight excluding hydrogens is 291 g/mol. The summed E-state index contributed by atoms with van der Waals surface area (Å²) in [5, 5.41) is 0. The Balaban J connectivity index is 0.00000225. The van der Waals surface area contributed by atoms with Crippen LogP contribution in [0.3, 0.4) is 0 Å². The minimum Gasteiger partial charge on any atom is -0.387 e. The van der Waals surface area contributed by atoms with Gasteiger partial charge in [0.1, 0.15) is 5.91 Å². The summed E-state index contributed by atoms with van der Waals surface area (Å²) < 4.78 is 0. The Kier molecular flexibility index (Phi) is 6.43. The minimum atomic E-state index is 0. The van der Waals surface area contributed by atoms with E-state index in [9.17, 15) is 4.79 Å². The number of rotatable bonds is 3. The summed E-state index contributed by atoms with van der Waals surface area (Å²) in [5.41, 5.74) is 0.576. The molecule has 0 N–H and O–H groups in total. The van der Waals surface area contributed by atoms with Crippen LogP contribution in [0.15, 0.2) is 18.5 Å². The molecule has 3 nitrogen and oxygen atoms in total. The maximum atomic E-state index is 12.1. The number of nitrogens with zero attached hydrogens (tertiary/aromatic N) is 2. The molecule has 1 rings (SSSR count). The number of carbonyl (C=O) groups is 1. The van der Waals surface area contributed by atoms with Crippen molar-refractivity contribution in [2.75, 3.05) is 0 Å². The van der Waals surface area contributed by atoms with E-state index in [1.807, 2.05) is 32.6 Å². The molecule has 0 atom stereocenters. The Hall–Kier alpha value is -0.757. The second-order valence-corrected chi connectivity index (χ2v) is 4.05. The van der Waals surface area contributed by atoms with Crippen LogP contribution in [-0.2, 0) is 19.5 Å². The monoisotopic (exact) mass is 308 g/mol. The van der Waals surface area contributed by atoms with Crippen molar-refractivity contribution >= 4 is 5.91 Å². The van der Waals surface area contributed by atoms with Crippen LogP contribution in [0.25, 0.3) is 0 Å². The fraction of sp³-hybridized carbons (Fsp3) is 0.500. The van der Waals surface area contributed by atoms with Crippen molar-refractivity contribution < 1.29 is 24.3 Å². The van der Waals surface area contributed by atoms with Crippen molar-refractivity contribution in [3.05, 3.63) is 30.1 Å². The molecule has 0 bridgehead atoms. The second-order valence-electron chi connectivity index (χ2n) is 4.05. The number of hydrogen-bond acceptors (Lipinski definition) is 2. The zero-order valence-corrected chi connectivity index (χ0v) is 11.7. The summed E-state index contributed by atoms with van der Waals surface area (Å²) in [7, 11) is 0. The number of amides is 1. The van der Waals surface area contributed by atoms with Gasteiger partial charge in [0, 0.05) is 31.6 Å². The van der Waals surface area contributed by atoms with Crippen LogP contribution in [0.1, 0.15) is 38.1 Å². The molecule has 0 aliphatic carbocycles. The normalized spacial score (nSPS) is 10.1. The SMILES string of the molecule is CC(C)N(C(=O)c1[c-]cncc1)C(C)C.[Rh]. The third-order valence-electron chi connectivity index (χ3n) is 2.20. The van der Waals surface area contributed by atoms with Gasteiger partial charge < -0.3 is 9.69 Å². The summed E-state index contributed by atoms with van der Waals surface area (Å²) in [6.45, 7) is 8.05. The van der Waals surface area contributed by atoms with Gasteiger partial charge in [-0.05, 0) is 40.1 Å². The second kappa shape index (κ2) is 6.75. The Morgan fingerprint density at radius 1 is 1.31 bits per heavy atom. The molecule has 1 radical (unpaired) electrons. The van der Waals surface area contributed by atoms with Gasteiger partial charge in [0.05, 0.1) is 0 Å². The minimum absolute atomic E-state index is 0. The number of carbonyl (C=O) groups excluding carboxylic acids is 1. The van der Waals surface area contributed by atoms with Crippen LogP contribution in [0.5, 0.6) is 0 Å². The third kappa shape index (κ3) is 3.67. The molecule has 4 heteroatoms. The van der Waals surface area contributed by atoms with E-state index in [1.54, 1.807) is 12.3 Å². The van der Waals surface area contributed by atoms with E-state index in [0.717, 1.165) is 0 Å². The topological polar surface area (TPSA) is 33.2 Å². The average Bonchev–Trinajstić information content (AvgIpc) is 2.18. The van der Waals surface area contributed by atoms with Crippen LogP contribution >= 0.6 is 0 Å². The third-order valence-corrected chi connectivity index (χ3v) is 2.20. The van der Waals surface area contributed by atoms with Gasteiger partial charge in [-0.1, -0.05) is 0 Å². The first-order valence-electron chi connectivity index (χ1n) is 5.18. The Morgan fingerprint density at radius 2 is 1.88 bits per heavy atom. The van der Waals surface area contributed by atoms with Crippen LogP contribution in [-0.4, -0.2) is 27.9 Å². The largest absolute Gasteiger partial charge is 0.387 e. The summed E-state index contributed by atoms with van der Waals surface area (Å²) in [5.74, 6) is 0.0161. The van der Waals surface area contributed by atoms with Crippen LogP contribution in [0, 0.1) is 6.07 Å². The van der Waals surface area contributed by atoms with Crippen molar-refractivity contribution in [3.8, 4) is 0 Å². The zero-order valence-electron chi connectivity index (χ0n) is 10.0. The fourth-order valence-corrected chi connectivity index (χ4v) is 1.65. The molecule has 16 heavy (non-hydrogen) atoms. The molecule has 0 aliphatic rings. The molecule has 1 aromatic rings. The van der Waals surface area contributed by atoms with Crippen LogP contribution < -0.4 is 0 Å². The summed E-state index contributed by atoms with van der Waals surface area (Å²) in [6, 6.07) is 4.94. The summed E-state index contributed by atoms with van der Waals surface area (Å²) >= 11 is 0. The molecule has 1 heterocycles. The quantitative estimate of drug-likeness (QED) is 0.633. The van der Waals surface area contributed by atoms with Gasteiger partial charge in [-0.25, -0.2) is 0 Å². The van der Waals surface area contributed by atoms with Gasteiger partial charge in [-0.3, -0.25) is 4.98 Å². The number of hydrogen-bond donors (Lipinski definition) is 0. The molecule has 1 aromatic heterocycles. The van der Waals surface area contributed by atoms with E-state index in [-0.39, 0.29) is 37.5 Å². The standard InChI is InChI=1S/C12H17N2O.Rh/c1-9(2)14(10(3)4)12(15)11-5-7-13-8-6-11;/h5,7-10H,1-4H3;/q-1;. The summed E-state index contributed by atoms with van der Waals surface area (Å²) in [4.78, 5) is 17.8. The van der Waals surface area contributed by atoms with Gasteiger partial charge in [-0.15, -0.1) is 11.6 Å². The van der Waals surface area contributed by atoms with E-state index in [2.05, 4.69) is 11.1 Å². The van der Waals surface area contributed by atoms with E-state index < -0.39 is 0 Å². The Morgan fingerprint density at radius 3 is 2.25 bits per heavy atom. The van der Waals surface area contributed by atoms with Gasteiger partial charge in [-0.2, -0.15) is 6.07 Å². The smallest absolute Gasteiger partial charge is 0.138 e. The predicted octanol–water partition coefficient (Wildman–Crippen LogP) is 2.14. The molecule has 0 spiro atoms. The van der Waals surface area contributed by atoms with E-state index >= 15 is 0 Å². The number of pyridine rings is 1. The molecule has 0 saturated carbocycles. The van der Waals surface area contributed by atoms with Crippen molar-refractivity contribution in [1.29, 1.82) is 0 Å². The Labute approximate surface area is 110 Å². The van der Waals surface area contributed by atoms with Crippen molar-refractivity contribution in [2.45, 2.75) is 39.8 Å². The van der Waals surface area contributed by atoms with Crippen LogP contribution in [0.2, 0.25) is 0 Å². The molecule has 0 fully saturated rings. The first-order valence-corrected chi connectivity index (χ1v) is 5.18. The molecular formula is C12H17N2ORh-. The molecule has 0 aromatic carbocycles.